The standard InChI is InChI=1S/C25H28N4O6/c1-33-18-10-6-9-17(22(18)34-2)15-26-24(31)19-21(30)25(32)28-23(27-19)20(16-7-4-3-5-8-16)29-11-13-35-14-12-29/h3-10,20,30H,11-15H2,1-2H3,(H,26,31)(H,27,28,32). The Hall–Kier alpha value is -3.89. The molecule has 0 radical (unpaired) electrons. The lowest BCUT2D eigenvalue weighted by molar-refractivity contribution is 0.0223. The van der Waals surface area contributed by atoms with Gasteiger partial charge in [-0.3, -0.25) is 14.5 Å². The molecule has 1 saturated heterocycles. The first kappa shape index (κ1) is 24.2. The molecule has 2 aromatic carbocycles. The van der Waals surface area contributed by atoms with Gasteiger partial charge in [-0.05, 0) is 11.6 Å². The van der Waals surface area contributed by atoms with Crippen LogP contribution in [0.3, 0.4) is 0 Å². The SMILES string of the molecule is COc1cccc(CNC(=O)c2nc(C(c3ccccc3)N3CCOCC3)[nH]c(=O)c2O)c1OC. The first-order valence-electron chi connectivity index (χ1n) is 11.2. The van der Waals surface area contributed by atoms with Crippen LogP contribution >= 0.6 is 0 Å². The summed E-state index contributed by atoms with van der Waals surface area (Å²) in [4.78, 5) is 34.9. The Balaban J connectivity index is 1.65. The number of morpholine rings is 1. The average Bonchev–Trinajstić information content (AvgIpc) is 2.90. The summed E-state index contributed by atoms with van der Waals surface area (Å²) in [5.41, 5.74) is 0.434. The van der Waals surface area contributed by atoms with Crippen LogP contribution in [0.4, 0.5) is 0 Å². The molecule has 0 bridgehead atoms. The molecule has 1 atom stereocenters. The van der Waals surface area contributed by atoms with Crippen molar-refractivity contribution in [1.82, 2.24) is 20.2 Å². The second kappa shape index (κ2) is 11.0. The summed E-state index contributed by atoms with van der Waals surface area (Å²) >= 11 is 0. The summed E-state index contributed by atoms with van der Waals surface area (Å²) in [5, 5.41) is 13.1. The lowest BCUT2D eigenvalue weighted by Crippen LogP contribution is -2.41. The molecule has 35 heavy (non-hydrogen) atoms. The zero-order valence-electron chi connectivity index (χ0n) is 19.6. The number of hydrogen-bond donors (Lipinski definition) is 3. The molecule has 2 heterocycles. The summed E-state index contributed by atoms with van der Waals surface area (Å²) in [6, 6.07) is 14.4. The normalized spacial score (nSPS) is 14.8. The van der Waals surface area contributed by atoms with E-state index in [2.05, 4.69) is 20.2 Å². The van der Waals surface area contributed by atoms with Crippen molar-refractivity contribution in [3.63, 3.8) is 0 Å². The average molecular weight is 481 g/mol. The fraction of sp³-hybridized carbons (Fsp3) is 0.320. The molecule has 3 N–H and O–H groups in total. The van der Waals surface area contributed by atoms with E-state index in [4.69, 9.17) is 14.2 Å². The second-order valence-corrected chi connectivity index (χ2v) is 7.95. The summed E-state index contributed by atoms with van der Waals surface area (Å²) in [6.45, 7) is 2.42. The van der Waals surface area contributed by atoms with E-state index in [0.29, 0.717) is 43.4 Å². The smallest absolute Gasteiger partial charge is 0.293 e. The van der Waals surface area contributed by atoms with E-state index >= 15 is 0 Å². The molecular formula is C25H28N4O6. The van der Waals surface area contributed by atoms with Gasteiger partial charge in [-0.1, -0.05) is 42.5 Å². The van der Waals surface area contributed by atoms with Gasteiger partial charge in [0, 0.05) is 25.2 Å². The maximum absolute atomic E-state index is 13.0. The number of methoxy groups -OCH3 is 2. The number of carbonyl (C=O) groups excluding carboxylic acids is 1. The van der Waals surface area contributed by atoms with Gasteiger partial charge >= 0.3 is 0 Å². The summed E-state index contributed by atoms with van der Waals surface area (Å²) in [7, 11) is 3.03. The number of aromatic hydroxyl groups is 1. The van der Waals surface area contributed by atoms with E-state index in [1.165, 1.54) is 14.2 Å². The third kappa shape index (κ3) is 5.28. The summed E-state index contributed by atoms with van der Waals surface area (Å²) in [5.74, 6) is -0.151. The number of H-pyrrole nitrogens is 1. The monoisotopic (exact) mass is 480 g/mol. The molecule has 1 aromatic heterocycles. The van der Waals surface area contributed by atoms with Crippen molar-refractivity contribution in [3.8, 4) is 17.2 Å². The fourth-order valence-corrected chi connectivity index (χ4v) is 4.14. The molecule has 3 aromatic rings. The lowest BCUT2D eigenvalue weighted by atomic mass is 10.0. The van der Waals surface area contributed by atoms with Gasteiger partial charge < -0.3 is 29.6 Å². The van der Waals surface area contributed by atoms with Crippen molar-refractivity contribution in [2.45, 2.75) is 12.6 Å². The van der Waals surface area contributed by atoms with Gasteiger partial charge in [0.05, 0.1) is 33.5 Å². The third-order valence-corrected chi connectivity index (χ3v) is 5.84. The minimum Gasteiger partial charge on any atom is -0.501 e. The van der Waals surface area contributed by atoms with Crippen molar-refractivity contribution in [2.24, 2.45) is 0 Å². The largest absolute Gasteiger partial charge is 0.501 e. The molecule has 1 fully saturated rings. The Morgan fingerprint density at radius 3 is 2.57 bits per heavy atom. The molecule has 0 spiro atoms. The maximum atomic E-state index is 13.0. The molecule has 0 aliphatic carbocycles. The quantitative estimate of drug-likeness (QED) is 0.446. The zero-order valence-corrected chi connectivity index (χ0v) is 19.6. The highest BCUT2D eigenvalue weighted by Crippen LogP contribution is 2.31. The number of nitrogens with zero attached hydrogens (tertiary/aromatic N) is 2. The van der Waals surface area contributed by atoms with E-state index < -0.39 is 23.3 Å². The number of aromatic nitrogens is 2. The van der Waals surface area contributed by atoms with Crippen molar-refractivity contribution in [1.29, 1.82) is 0 Å². The van der Waals surface area contributed by atoms with Crippen LogP contribution in [0.2, 0.25) is 0 Å². The topological polar surface area (TPSA) is 126 Å². The third-order valence-electron chi connectivity index (χ3n) is 5.84. The van der Waals surface area contributed by atoms with E-state index in [9.17, 15) is 14.7 Å². The Bertz CT molecular complexity index is 1220. The Kier molecular flexibility index (Phi) is 7.64. The number of hydrogen-bond acceptors (Lipinski definition) is 8. The number of aromatic amines is 1. The van der Waals surface area contributed by atoms with E-state index in [0.717, 1.165) is 5.56 Å². The molecule has 10 nitrogen and oxygen atoms in total. The first-order valence-corrected chi connectivity index (χ1v) is 11.2. The first-order chi connectivity index (χ1) is 17.0. The molecule has 10 heteroatoms. The highest BCUT2D eigenvalue weighted by Gasteiger charge is 2.29. The number of carbonyl (C=O) groups is 1. The zero-order chi connectivity index (χ0) is 24.8. The van der Waals surface area contributed by atoms with Gasteiger partial charge in [0.2, 0.25) is 5.75 Å². The summed E-state index contributed by atoms with van der Waals surface area (Å²) in [6.07, 6.45) is 0. The number of benzene rings is 2. The van der Waals surface area contributed by atoms with Crippen LogP contribution in [0.5, 0.6) is 17.2 Å². The number of para-hydroxylation sites is 1. The van der Waals surface area contributed by atoms with E-state index in [-0.39, 0.29) is 18.1 Å². The summed E-state index contributed by atoms with van der Waals surface area (Å²) < 4.78 is 16.2. The number of rotatable bonds is 8. The highest BCUT2D eigenvalue weighted by molar-refractivity contribution is 5.94. The minimum absolute atomic E-state index is 0.0774. The van der Waals surface area contributed by atoms with E-state index in [1.54, 1.807) is 18.2 Å². The molecular weight excluding hydrogens is 452 g/mol. The van der Waals surface area contributed by atoms with Gasteiger partial charge in [0.15, 0.2) is 17.2 Å². The molecule has 1 amide bonds. The minimum atomic E-state index is -0.784. The van der Waals surface area contributed by atoms with Crippen molar-refractivity contribution in [3.05, 3.63) is 81.5 Å². The molecule has 1 aliphatic heterocycles. The molecule has 4 rings (SSSR count). The molecule has 184 valence electrons. The van der Waals surface area contributed by atoms with Gasteiger partial charge in [0.1, 0.15) is 5.82 Å². The predicted octanol–water partition coefficient (Wildman–Crippen LogP) is 1.84. The Morgan fingerprint density at radius 2 is 1.89 bits per heavy atom. The van der Waals surface area contributed by atoms with Crippen LogP contribution in [0.25, 0.3) is 0 Å². The van der Waals surface area contributed by atoms with Crippen LogP contribution in [-0.4, -0.2) is 66.4 Å². The van der Waals surface area contributed by atoms with Crippen LogP contribution in [0, 0.1) is 0 Å². The van der Waals surface area contributed by atoms with Crippen LogP contribution < -0.4 is 20.3 Å². The van der Waals surface area contributed by atoms with Gasteiger partial charge in [0.25, 0.3) is 11.5 Å². The number of amides is 1. The molecule has 1 aliphatic rings. The van der Waals surface area contributed by atoms with Crippen LogP contribution in [0.15, 0.2) is 53.3 Å². The lowest BCUT2D eigenvalue weighted by Gasteiger charge is -2.34. The Labute approximate surface area is 202 Å². The predicted molar refractivity (Wildman–Crippen MR) is 128 cm³/mol. The van der Waals surface area contributed by atoms with Crippen LogP contribution in [0.1, 0.15) is 33.5 Å². The molecule has 0 saturated carbocycles. The van der Waals surface area contributed by atoms with Gasteiger partial charge in [-0.25, -0.2) is 4.98 Å². The second-order valence-electron chi connectivity index (χ2n) is 7.95. The maximum Gasteiger partial charge on any atom is 0.293 e. The van der Waals surface area contributed by atoms with Gasteiger partial charge in [-0.15, -0.1) is 0 Å². The van der Waals surface area contributed by atoms with Crippen molar-refractivity contribution >= 4 is 5.91 Å². The van der Waals surface area contributed by atoms with Crippen molar-refractivity contribution in [2.75, 3.05) is 40.5 Å². The van der Waals surface area contributed by atoms with E-state index in [1.807, 2.05) is 30.3 Å². The fourth-order valence-electron chi connectivity index (χ4n) is 4.14. The van der Waals surface area contributed by atoms with Gasteiger partial charge in [-0.2, -0.15) is 0 Å². The highest BCUT2D eigenvalue weighted by atomic mass is 16.5. The number of nitrogens with one attached hydrogen (secondary N) is 2. The van der Waals surface area contributed by atoms with Crippen molar-refractivity contribution < 1.29 is 24.1 Å². The number of ether oxygens (including phenoxy) is 3. The van der Waals surface area contributed by atoms with Crippen LogP contribution in [-0.2, 0) is 11.3 Å². The Morgan fingerprint density at radius 1 is 1.14 bits per heavy atom. The molecule has 1 unspecified atom stereocenters.